The van der Waals surface area contributed by atoms with Crippen LogP contribution in [0.15, 0.2) is 87.6 Å². The van der Waals surface area contributed by atoms with Crippen molar-refractivity contribution < 1.29 is 26.7 Å². The number of rotatable bonds is 6. The second-order valence-corrected chi connectivity index (χ2v) is 10.9. The molecule has 6 nitrogen and oxygen atoms in total. The van der Waals surface area contributed by atoms with Crippen molar-refractivity contribution in [2.75, 3.05) is 6.26 Å². The number of aliphatic hydroxyl groups is 1. The predicted molar refractivity (Wildman–Crippen MR) is 134 cm³/mol. The summed E-state index contributed by atoms with van der Waals surface area (Å²) in [5, 5.41) is 10.1. The summed E-state index contributed by atoms with van der Waals surface area (Å²) in [5.74, 6) is 0. The maximum atomic E-state index is 13.6. The van der Waals surface area contributed by atoms with Crippen molar-refractivity contribution in [1.82, 2.24) is 4.98 Å². The first-order valence-corrected chi connectivity index (χ1v) is 12.8. The van der Waals surface area contributed by atoms with E-state index in [0.29, 0.717) is 16.7 Å². The zero-order valence-corrected chi connectivity index (χ0v) is 21.1. The monoisotopic (exact) mass is 537 g/mol. The molecule has 1 heterocycles. The molecule has 0 saturated carbocycles. The molecule has 0 radical (unpaired) electrons. The number of aliphatic imine (C=N–C) groups is 1. The summed E-state index contributed by atoms with van der Waals surface area (Å²) >= 11 is 6.46. The van der Waals surface area contributed by atoms with Gasteiger partial charge in [-0.15, -0.1) is 0 Å². The molecule has 1 aromatic heterocycles. The Balaban J connectivity index is 2.18. The normalized spacial score (nSPS) is 13.9. The van der Waals surface area contributed by atoms with Gasteiger partial charge >= 0.3 is 6.18 Å². The average molecular weight is 538 g/mol. The highest BCUT2D eigenvalue weighted by molar-refractivity contribution is 7.90. The molecule has 0 amide bonds. The van der Waals surface area contributed by atoms with Gasteiger partial charge in [0.1, 0.15) is 0 Å². The highest BCUT2D eigenvalue weighted by atomic mass is 35.5. The summed E-state index contributed by atoms with van der Waals surface area (Å²) in [5.41, 5.74) is 4.22. The SMILES string of the molecule is CC(C)(O)/C(N)=C(\Cl)C(=Nc1cnccc1C(F)(F)F)c1ccc(-c2cccc(S(C)(=O)=O)c2)cc1. The fraction of sp³-hybridized carbons (Fsp3) is 0.200. The molecule has 0 spiro atoms. The molecule has 3 aromatic rings. The van der Waals surface area contributed by atoms with Crippen molar-refractivity contribution in [3.05, 3.63) is 88.8 Å². The summed E-state index contributed by atoms with van der Waals surface area (Å²) in [7, 11) is -3.42. The van der Waals surface area contributed by atoms with Gasteiger partial charge in [0.15, 0.2) is 9.84 Å². The van der Waals surface area contributed by atoms with Crippen LogP contribution in [0.5, 0.6) is 0 Å². The highest BCUT2D eigenvalue weighted by Crippen LogP contribution is 2.37. The van der Waals surface area contributed by atoms with E-state index in [4.69, 9.17) is 17.3 Å². The summed E-state index contributed by atoms with van der Waals surface area (Å²) in [6.07, 6.45) is -1.63. The van der Waals surface area contributed by atoms with E-state index in [-0.39, 0.29) is 21.3 Å². The molecule has 36 heavy (non-hydrogen) atoms. The van der Waals surface area contributed by atoms with E-state index in [0.717, 1.165) is 24.7 Å². The first kappa shape index (κ1) is 27.4. The minimum absolute atomic E-state index is 0.105. The van der Waals surface area contributed by atoms with Gasteiger partial charge in [-0.05, 0) is 43.2 Å². The number of nitrogens with two attached hydrogens (primary N) is 1. The molecule has 0 aliphatic heterocycles. The van der Waals surface area contributed by atoms with E-state index in [1.54, 1.807) is 36.4 Å². The third-order valence-corrected chi connectivity index (χ3v) is 6.69. The minimum Gasteiger partial charge on any atom is -0.398 e. The van der Waals surface area contributed by atoms with Crippen LogP contribution in [0.4, 0.5) is 18.9 Å². The van der Waals surface area contributed by atoms with Crippen molar-refractivity contribution >= 4 is 32.8 Å². The van der Waals surface area contributed by atoms with Crippen molar-refractivity contribution in [2.45, 2.75) is 30.5 Å². The fourth-order valence-corrected chi connectivity index (χ4v) is 4.25. The smallest absolute Gasteiger partial charge is 0.398 e. The third kappa shape index (κ3) is 6.31. The first-order chi connectivity index (χ1) is 16.6. The molecule has 0 aliphatic carbocycles. The summed E-state index contributed by atoms with van der Waals surface area (Å²) in [6, 6.07) is 13.5. The van der Waals surface area contributed by atoms with Gasteiger partial charge in [0.2, 0.25) is 0 Å². The molecule has 0 unspecified atom stereocenters. The molecule has 0 bridgehead atoms. The van der Waals surface area contributed by atoms with Gasteiger partial charge in [0.05, 0.1) is 44.4 Å². The van der Waals surface area contributed by atoms with Crippen LogP contribution < -0.4 is 5.73 Å². The Morgan fingerprint density at radius 3 is 2.25 bits per heavy atom. The van der Waals surface area contributed by atoms with E-state index in [9.17, 15) is 26.7 Å². The number of aromatic nitrogens is 1. The predicted octanol–water partition coefficient (Wildman–Crippen LogP) is 5.47. The largest absolute Gasteiger partial charge is 0.418 e. The van der Waals surface area contributed by atoms with Crippen LogP contribution >= 0.6 is 11.6 Å². The number of sulfone groups is 1. The number of hydrogen-bond donors (Lipinski definition) is 2. The Bertz CT molecular complexity index is 1440. The van der Waals surface area contributed by atoms with Crippen molar-refractivity contribution in [3.63, 3.8) is 0 Å². The van der Waals surface area contributed by atoms with Crippen LogP contribution in [0, 0.1) is 0 Å². The lowest BCUT2D eigenvalue weighted by molar-refractivity contribution is -0.137. The van der Waals surface area contributed by atoms with E-state index in [1.165, 1.54) is 26.0 Å². The standard InChI is InChI=1S/C25H23ClF3N3O3S/c1-24(2,33)23(30)21(26)22(32-20-14-31-12-11-19(20)25(27,28)29)16-9-7-15(8-10-16)17-5-4-6-18(13-17)36(3,34)35/h4-14,33H,30H2,1-3H3/b23-21+,32-22?. The second kappa shape index (κ2) is 10.0. The topological polar surface area (TPSA) is 106 Å². The lowest BCUT2D eigenvalue weighted by Gasteiger charge is -2.21. The zero-order chi connectivity index (χ0) is 26.9. The molecular formula is C25H23ClF3N3O3S. The van der Waals surface area contributed by atoms with Crippen LogP contribution in [0.25, 0.3) is 11.1 Å². The van der Waals surface area contributed by atoms with Gasteiger partial charge in [-0.25, -0.2) is 13.4 Å². The van der Waals surface area contributed by atoms with Gasteiger partial charge < -0.3 is 10.8 Å². The molecule has 0 atom stereocenters. The van der Waals surface area contributed by atoms with Crippen LogP contribution in [-0.2, 0) is 16.0 Å². The van der Waals surface area contributed by atoms with Gasteiger partial charge in [-0.2, -0.15) is 13.2 Å². The van der Waals surface area contributed by atoms with E-state index >= 15 is 0 Å². The van der Waals surface area contributed by atoms with Gasteiger partial charge in [-0.1, -0.05) is 48.0 Å². The molecule has 190 valence electrons. The molecule has 3 rings (SSSR count). The Labute approximate surface area is 211 Å². The molecule has 0 aliphatic rings. The van der Waals surface area contributed by atoms with Crippen LogP contribution in [0.2, 0.25) is 0 Å². The lowest BCUT2D eigenvalue weighted by Crippen LogP contribution is -2.30. The summed E-state index contributed by atoms with van der Waals surface area (Å²) < 4.78 is 64.5. The average Bonchev–Trinajstić information content (AvgIpc) is 2.80. The number of benzene rings is 2. The van der Waals surface area contributed by atoms with Gasteiger partial charge in [-0.3, -0.25) is 4.98 Å². The lowest BCUT2D eigenvalue weighted by atomic mass is 9.99. The van der Waals surface area contributed by atoms with Crippen molar-refractivity contribution in [2.24, 2.45) is 10.7 Å². The van der Waals surface area contributed by atoms with Gasteiger partial charge in [0, 0.05) is 18.0 Å². The quantitative estimate of drug-likeness (QED) is 0.405. The Morgan fingerprint density at radius 2 is 1.69 bits per heavy atom. The third-order valence-electron chi connectivity index (χ3n) is 5.20. The number of halogens is 4. The molecule has 3 N–H and O–H groups in total. The zero-order valence-electron chi connectivity index (χ0n) is 19.5. The number of allylic oxidation sites excluding steroid dienone is 1. The first-order valence-electron chi connectivity index (χ1n) is 10.5. The molecule has 11 heteroatoms. The summed E-state index contributed by atoms with van der Waals surface area (Å²) in [4.78, 5) is 8.04. The molecule has 0 saturated heterocycles. The van der Waals surface area contributed by atoms with Gasteiger partial charge in [0.25, 0.3) is 0 Å². The molecule has 2 aromatic carbocycles. The second-order valence-electron chi connectivity index (χ2n) is 8.52. The van der Waals surface area contributed by atoms with Crippen LogP contribution in [0.1, 0.15) is 25.0 Å². The van der Waals surface area contributed by atoms with E-state index in [2.05, 4.69) is 9.98 Å². The Kier molecular flexibility index (Phi) is 7.64. The fourth-order valence-electron chi connectivity index (χ4n) is 3.20. The number of pyridine rings is 1. The number of hydrogen-bond acceptors (Lipinski definition) is 6. The maximum absolute atomic E-state index is 13.6. The van der Waals surface area contributed by atoms with E-state index < -0.39 is 32.9 Å². The van der Waals surface area contributed by atoms with E-state index in [1.807, 2.05) is 0 Å². The Morgan fingerprint density at radius 1 is 1.06 bits per heavy atom. The molecule has 0 fully saturated rings. The highest BCUT2D eigenvalue weighted by Gasteiger charge is 2.34. The van der Waals surface area contributed by atoms with Crippen LogP contribution in [0.3, 0.4) is 0 Å². The maximum Gasteiger partial charge on any atom is 0.418 e. The number of nitrogens with zero attached hydrogens (tertiary/aromatic N) is 2. The van der Waals surface area contributed by atoms with Crippen molar-refractivity contribution in [1.29, 1.82) is 0 Å². The Hall–Kier alpha value is -3.21. The van der Waals surface area contributed by atoms with Crippen molar-refractivity contribution in [3.8, 4) is 11.1 Å². The number of alkyl halides is 3. The minimum atomic E-state index is -4.70. The summed E-state index contributed by atoms with van der Waals surface area (Å²) in [6.45, 7) is 2.76. The van der Waals surface area contributed by atoms with Crippen LogP contribution in [-0.4, -0.2) is 36.1 Å². The molecular weight excluding hydrogens is 515 g/mol.